The first-order chi connectivity index (χ1) is 11.1. The van der Waals surface area contributed by atoms with Gasteiger partial charge in [0, 0.05) is 23.9 Å². The molecular formula is C14H13F3N4O3. The Kier molecular flexibility index (Phi) is 4.86. The largest absolute Gasteiger partial charge is 0.478 e. The molecule has 2 heterocycles. The Balaban J connectivity index is 2.43. The summed E-state index contributed by atoms with van der Waals surface area (Å²) in [5, 5.41) is 12.4. The second-order valence-electron chi connectivity index (χ2n) is 4.95. The van der Waals surface area contributed by atoms with Crippen molar-refractivity contribution in [3.63, 3.8) is 0 Å². The van der Waals surface area contributed by atoms with Crippen LogP contribution in [0.3, 0.4) is 0 Å². The number of rotatable bonds is 5. The Morgan fingerprint density at radius 1 is 1.38 bits per heavy atom. The average molecular weight is 342 g/mol. The van der Waals surface area contributed by atoms with Gasteiger partial charge in [-0.3, -0.25) is 0 Å². The van der Waals surface area contributed by atoms with Crippen LogP contribution in [0.2, 0.25) is 0 Å². The number of carboxylic acids is 1. The molecule has 0 bridgehead atoms. The number of nitrogens with zero attached hydrogens (tertiary/aromatic N) is 4. The summed E-state index contributed by atoms with van der Waals surface area (Å²) in [5.74, 6) is -1.42. The van der Waals surface area contributed by atoms with Crippen LogP contribution in [-0.2, 0) is 11.0 Å². The summed E-state index contributed by atoms with van der Waals surface area (Å²) in [6.07, 6.45) is -1.92. The number of carboxylic acid groups (broad SMARTS) is 1. The fourth-order valence-electron chi connectivity index (χ4n) is 1.70. The molecule has 1 N–H and O–H groups in total. The lowest BCUT2D eigenvalue weighted by molar-refractivity contribution is -0.141. The van der Waals surface area contributed by atoms with E-state index < -0.39 is 17.8 Å². The number of aromatic nitrogens is 4. The van der Waals surface area contributed by atoms with Crippen molar-refractivity contribution < 1.29 is 27.8 Å². The number of hydrogen-bond acceptors (Lipinski definition) is 5. The van der Waals surface area contributed by atoms with E-state index in [4.69, 9.17) is 9.84 Å². The zero-order valence-corrected chi connectivity index (χ0v) is 12.7. The highest BCUT2D eigenvalue weighted by Crippen LogP contribution is 2.32. The van der Waals surface area contributed by atoms with E-state index in [1.807, 2.05) is 0 Å². The van der Waals surface area contributed by atoms with E-state index in [1.165, 1.54) is 12.4 Å². The topological polar surface area (TPSA) is 90.1 Å². The molecule has 0 unspecified atom stereocenters. The van der Waals surface area contributed by atoms with Gasteiger partial charge in [0.2, 0.25) is 5.88 Å². The molecule has 0 fully saturated rings. The van der Waals surface area contributed by atoms with Crippen LogP contribution in [-0.4, -0.2) is 36.9 Å². The maximum atomic E-state index is 13.0. The van der Waals surface area contributed by atoms with Gasteiger partial charge < -0.3 is 9.84 Å². The van der Waals surface area contributed by atoms with E-state index in [2.05, 4.69) is 15.1 Å². The number of pyridine rings is 1. The van der Waals surface area contributed by atoms with Crippen LogP contribution in [0.25, 0.3) is 17.6 Å². The summed E-state index contributed by atoms with van der Waals surface area (Å²) in [7, 11) is 0. The van der Waals surface area contributed by atoms with Gasteiger partial charge in [-0.2, -0.15) is 13.2 Å². The second kappa shape index (κ2) is 6.69. The number of halogens is 3. The summed E-state index contributed by atoms with van der Waals surface area (Å²) < 4.78 is 45.2. The lowest BCUT2D eigenvalue weighted by Crippen LogP contribution is -2.12. The molecule has 0 aliphatic heterocycles. The van der Waals surface area contributed by atoms with Gasteiger partial charge in [0.15, 0.2) is 5.82 Å². The third-order valence-corrected chi connectivity index (χ3v) is 2.59. The van der Waals surface area contributed by atoms with Crippen molar-refractivity contribution in [1.29, 1.82) is 0 Å². The van der Waals surface area contributed by atoms with E-state index in [1.54, 1.807) is 13.8 Å². The van der Waals surface area contributed by atoms with E-state index in [0.29, 0.717) is 0 Å². The molecule has 128 valence electrons. The lowest BCUT2D eigenvalue weighted by Gasteiger charge is -2.12. The number of ether oxygens (including phenoxy) is 1. The maximum Gasteiger partial charge on any atom is 0.433 e. The Labute approximate surface area is 134 Å². The SMILES string of the molecule is CC(C)Oc1cc(-c2ncn(C=CC(=O)O)n2)cc(C(F)(F)F)n1. The van der Waals surface area contributed by atoms with Crippen molar-refractivity contribution in [3.05, 3.63) is 30.2 Å². The van der Waals surface area contributed by atoms with Gasteiger partial charge in [-0.05, 0) is 19.9 Å². The van der Waals surface area contributed by atoms with Gasteiger partial charge in [-0.25, -0.2) is 19.4 Å². The number of alkyl halides is 3. The molecule has 0 amide bonds. The minimum atomic E-state index is -4.66. The summed E-state index contributed by atoms with van der Waals surface area (Å²) in [6, 6.07) is 2.09. The summed E-state index contributed by atoms with van der Waals surface area (Å²) in [6.45, 7) is 3.32. The van der Waals surface area contributed by atoms with Crippen molar-refractivity contribution in [2.24, 2.45) is 0 Å². The lowest BCUT2D eigenvalue weighted by atomic mass is 10.2. The molecule has 0 aliphatic carbocycles. The molecule has 24 heavy (non-hydrogen) atoms. The van der Waals surface area contributed by atoms with Gasteiger partial charge in [0.05, 0.1) is 6.10 Å². The van der Waals surface area contributed by atoms with Gasteiger partial charge >= 0.3 is 12.1 Å². The molecule has 2 aromatic heterocycles. The summed E-state index contributed by atoms with van der Waals surface area (Å²) >= 11 is 0. The molecule has 0 aliphatic rings. The fourth-order valence-corrected chi connectivity index (χ4v) is 1.70. The highest BCUT2D eigenvalue weighted by Gasteiger charge is 2.34. The third kappa shape index (κ3) is 4.54. The average Bonchev–Trinajstić information content (AvgIpc) is 2.92. The first-order valence-corrected chi connectivity index (χ1v) is 6.73. The Hall–Kier alpha value is -2.91. The van der Waals surface area contributed by atoms with Crippen molar-refractivity contribution in [2.75, 3.05) is 0 Å². The molecule has 0 radical (unpaired) electrons. The Morgan fingerprint density at radius 3 is 2.67 bits per heavy atom. The van der Waals surface area contributed by atoms with Crippen LogP contribution in [0.5, 0.6) is 5.88 Å². The van der Waals surface area contributed by atoms with Crippen molar-refractivity contribution in [2.45, 2.75) is 26.1 Å². The molecule has 0 saturated carbocycles. The first-order valence-electron chi connectivity index (χ1n) is 6.73. The predicted octanol–water partition coefficient (Wildman–Crippen LogP) is 2.70. The van der Waals surface area contributed by atoms with Gasteiger partial charge in [0.1, 0.15) is 12.0 Å². The van der Waals surface area contributed by atoms with Crippen molar-refractivity contribution in [1.82, 2.24) is 19.7 Å². The molecule has 0 atom stereocenters. The third-order valence-electron chi connectivity index (χ3n) is 2.59. The van der Waals surface area contributed by atoms with Crippen molar-refractivity contribution in [3.8, 4) is 17.3 Å². The number of hydrogen-bond donors (Lipinski definition) is 1. The van der Waals surface area contributed by atoms with Crippen LogP contribution >= 0.6 is 0 Å². The van der Waals surface area contributed by atoms with Crippen molar-refractivity contribution >= 4 is 12.2 Å². The number of carbonyl (C=O) groups is 1. The minimum absolute atomic E-state index is 0.0217. The van der Waals surface area contributed by atoms with E-state index in [9.17, 15) is 18.0 Å². The fraction of sp³-hybridized carbons (Fsp3) is 0.286. The minimum Gasteiger partial charge on any atom is -0.478 e. The maximum absolute atomic E-state index is 13.0. The number of aliphatic carboxylic acids is 1. The highest BCUT2D eigenvalue weighted by atomic mass is 19.4. The molecule has 2 aromatic rings. The molecule has 7 nitrogen and oxygen atoms in total. The van der Waals surface area contributed by atoms with Gasteiger partial charge in [-0.15, -0.1) is 5.10 Å². The Morgan fingerprint density at radius 2 is 2.08 bits per heavy atom. The highest BCUT2D eigenvalue weighted by molar-refractivity contribution is 5.82. The molecule has 0 saturated heterocycles. The van der Waals surface area contributed by atoms with Gasteiger partial charge in [0.25, 0.3) is 0 Å². The Bertz CT molecular complexity index is 769. The van der Waals surface area contributed by atoms with E-state index in [-0.39, 0.29) is 23.4 Å². The van der Waals surface area contributed by atoms with Crippen LogP contribution in [0, 0.1) is 0 Å². The molecule has 2 rings (SSSR count). The molecule has 10 heteroatoms. The zero-order chi connectivity index (χ0) is 17.9. The molecule has 0 aromatic carbocycles. The van der Waals surface area contributed by atoms with E-state index in [0.717, 1.165) is 23.0 Å². The monoisotopic (exact) mass is 342 g/mol. The standard InChI is InChI=1S/C14H13F3N4O3/c1-8(2)24-11-6-9(5-10(19-11)14(15,16)17)13-18-7-21(20-13)4-3-12(22)23/h3-8H,1-2H3,(H,22,23). The smallest absolute Gasteiger partial charge is 0.433 e. The summed E-state index contributed by atoms with van der Waals surface area (Å²) in [5.41, 5.74) is -1.08. The quantitative estimate of drug-likeness (QED) is 0.840. The zero-order valence-electron chi connectivity index (χ0n) is 12.7. The molecular weight excluding hydrogens is 329 g/mol. The van der Waals surface area contributed by atoms with Crippen LogP contribution in [0.15, 0.2) is 24.5 Å². The predicted molar refractivity (Wildman–Crippen MR) is 77.0 cm³/mol. The van der Waals surface area contributed by atoms with Crippen LogP contribution < -0.4 is 4.74 Å². The first kappa shape index (κ1) is 17.4. The summed E-state index contributed by atoms with van der Waals surface area (Å²) in [4.78, 5) is 17.8. The van der Waals surface area contributed by atoms with Gasteiger partial charge in [-0.1, -0.05) is 0 Å². The normalized spacial score (nSPS) is 12.1. The molecule has 0 spiro atoms. The second-order valence-corrected chi connectivity index (χ2v) is 4.95. The van der Waals surface area contributed by atoms with Crippen LogP contribution in [0.4, 0.5) is 13.2 Å². The van der Waals surface area contributed by atoms with E-state index >= 15 is 0 Å². The van der Waals surface area contributed by atoms with Crippen LogP contribution in [0.1, 0.15) is 19.5 Å².